The highest BCUT2D eigenvalue weighted by Crippen LogP contribution is 2.36. The van der Waals surface area contributed by atoms with Crippen molar-refractivity contribution in [2.75, 3.05) is 26.8 Å². The minimum absolute atomic E-state index is 0.176. The number of nitrogens with zero attached hydrogens (tertiary/aromatic N) is 1. The van der Waals surface area contributed by atoms with E-state index in [9.17, 15) is 13.2 Å². The normalized spacial score (nSPS) is 17.5. The van der Waals surface area contributed by atoms with E-state index in [-0.39, 0.29) is 19.0 Å². The molecule has 1 amide bonds. The summed E-state index contributed by atoms with van der Waals surface area (Å²) in [6.45, 7) is 3.18. The van der Waals surface area contributed by atoms with Crippen LogP contribution in [0.5, 0.6) is 11.5 Å². The quantitative estimate of drug-likeness (QED) is 0.635. The van der Waals surface area contributed by atoms with Gasteiger partial charge in [0.2, 0.25) is 5.91 Å². The molecule has 1 N–H and O–H groups in total. The highest BCUT2D eigenvalue weighted by atomic mass is 35.5. The summed E-state index contributed by atoms with van der Waals surface area (Å²) in [4.78, 5) is 12.7. The molecule has 1 aromatic carbocycles. The van der Waals surface area contributed by atoms with Gasteiger partial charge in [-0.1, -0.05) is 17.7 Å². The van der Waals surface area contributed by atoms with E-state index in [1.807, 2.05) is 6.92 Å². The number of thiophene rings is 1. The summed E-state index contributed by atoms with van der Waals surface area (Å²) in [6.07, 6.45) is 1.29. The maximum absolute atomic E-state index is 12.8. The SMILES string of the molecule is CCOc1c(Cl)cc(CNC(=O)C2CCCN(S(=O)(=O)c3cccs3)C2)cc1OC. The topological polar surface area (TPSA) is 84.9 Å². The van der Waals surface area contributed by atoms with E-state index in [0.717, 1.165) is 5.56 Å². The van der Waals surface area contributed by atoms with E-state index in [2.05, 4.69) is 5.32 Å². The Labute approximate surface area is 186 Å². The molecule has 0 bridgehead atoms. The maximum Gasteiger partial charge on any atom is 0.252 e. The summed E-state index contributed by atoms with van der Waals surface area (Å²) in [5, 5.41) is 5.03. The zero-order valence-electron chi connectivity index (χ0n) is 16.9. The summed E-state index contributed by atoms with van der Waals surface area (Å²) in [5.74, 6) is 0.400. The van der Waals surface area contributed by atoms with Gasteiger partial charge in [-0.15, -0.1) is 11.3 Å². The van der Waals surface area contributed by atoms with Crippen LogP contribution in [0.15, 0.2) is 33.9 Å². The second kappa shape index (κ2) is 10.00. The molecular formula is C20H25ClN2O5S2. The average Bonchev–Trinajstić information content (AvgIpc) is 3.29. The monoisotopic (exact) mass is 472 g/mol. The predicted octanol–water partition coefficient (Wildman–Crippen LogP) is 3.53. The number of carbonyl (C=O) groups excluding carboxylic acids is 1. The fraction of sp³-hybridized carbons (Fsp3) is 0.450. The Bertz CT molecular complexity index is 979. The number of amides is 1. The Morgan fingerprint density at radius 2 is 2.20 bits per heavy atom. The van der Waals surface area contributed by atoms with Crippen LogP contribution >= 0.6 is 22.9 Å². The van der Waals surface area contributed by atoms with Crippen LogP contribution in [0.3, 0.4) is 0 Å². The molecular weight excluding hydrogens is 448 g/mol. The number of rotatable bonds is 8. The van der Waals surface area contributed by atoms with Gasteiger partial charge in [-0.25, -0.2) is 8.42 Å². The Hall–Kier alpha value is -1.81. The number of sulfonamides is 1. The van der Waals surface area contributed by atoms with Crippen molar-refractivity contribution in [3.8, 4) is 11.5 Å². The molecule has 10 heteroatoms. The number of halogens is 1. The first-order valence-corrected chi connectivity index (χ1v) is 12.4. The fourth-order valence-corrected chi connectivity index (χ4v) is 6.36. The fourth-order valence-electron chi connectivity index (χ4n) is 3.41. The van der Waals surface area contributed by atoms with Crippen molar-refractivity contribution in [3.05, 3.63) is 40.2 Å². The Kier molecular flexibility index (Phi) is 7.62. The minimum atomic E-state index is -3.55. The number of carbonyl (C=O) groups is 1. The number of hydrogen-bond acceptors (Lipinski definition) is 6. The minimum Gasteiger partial charge on any atom is -0.493 e. The van der Waals surface area contributed by atoms with Crippen LogP contribution in [-0.4, -0.2) is 45.4 Å². The van der Waals surface area contributed by atoms with E-state index in [0.29, 0.717) is 46.7 Å². The van der Waals surface area contributed by atoms with Crippen LogP contribution in [-0.2, 0) is 21.4 Å². The number of benzene rings is 1. The number of ether oxygens (including phenoxy) is 2. The van der Waals surface area contributed by atoms with Crippen molar-refractivity contribution < 1.29 is 22.7 Å². The summed E-state index contributed by atoms with van der Waals surface area (Å²) in [5.41, 5.74) is 0.771. The number of hydrogen-bond donors (Lipinski definition) is 1. The van der Waals surface area contributed by atoms with Gasteiger partial charge in [0, 0.05) is 19.6 Å². The van der Waals surface area contributed by atoms with Crippen LogP contribution in [0.2, 0.25) is 5.02 Å². The second-order valence-corrected chi connectivity index (χ2v) is 10.4. The van der Waals surface area contributed by atoms with E-state index in [1.54, 1.807) is 29.6 Å². The lowest BCUT2D eigenvalue weighted by Gasteiger charge is -2.30. The van der Waals surface area contributed by atoms with Crippen LogP contribution in [0, 0.1) is 5.92 Å². The van der Waals surface area contributed by atoms with Gasteiger partial charge in [0.05, 0.1) is 24.7 Å². The standard InChI is InChI=1S/C20H25ClN2O5S2/c1-3-28-19-16(21)10-14(11-17(19)27-2)12-22-20(24)15-6-4-8-23(13-15)30(25,26)18-7-5-9-29-18/h5,7,9-11,15H,3-4,6,8,12-13H2,1-2H3,(H,22,24). The second-order valence-electron chi connectivity index (χ2n) is 6.89. The largest absolute Gasteiger partial charge is 0.493 e. The van der Waals surface area contributed by atoms with Crippen LogP contribution < -0.4 is 14.8 Å². The van der Waals surface area contributed by atoms with E-state index in [1.165, 1.54) is 22.8 Å². The summed E-state index contributed by atoms with van der Waals surface area (Å²) < 4.78 is 38.1. The van der Waals surface area contributed by atoms with Crippen molar-refractivity contribution in [2.45, 2.75) is 30.5 Å². The highest BCUT2D eigenvalue weighted by Gasteiger charge is 2.33. The molecule has 1 fully saturated rings. The van der Waals surface area contributed by atoms with E-state index >= 15 is 0 Å². The van der Waals surface area contributed by atoms with Crippen LogP contribution in [0.1, 0.15) is 25.3 Å². The van der Waals surface area contributed by atoms with Crippen molar-refractivity contribution >= 4 is 38.9 Å². The average molecular weight is 473 g/mol. The molecule has 30 heavy (non-hydrogen) atoms. The third kappa shape index (κ3) is 5.08. The van der Waals surface area contributed by atoms with Gasteiger partial charge >= 0.3 is 0 Å². The van der Waals surface area contributed by atoms with Gasteiger partial charge in [-0.2, -0.15) is 4.31 Å². The predicted molar refractivity (Wildman–Crippen MR) is 117 cm³/mol. The molecule has 1 saturated heterocycles. The Balaban J connectivity index is 1.64. The van der Waals surface area contributed by atoms with Crippen LogP contribution in [0.25, 0.3) is 0 Å². The first-order valence-electron chi connectivity index (χ1n) is 9.67. The maximum atomic E-state index is 12.8. The van der Waals surface area contributed by atoms with Gasteiger partial charge < -0.3 is 14.8 Å². The first kappa shape index (κ1) is 22.9. The molecule has 1 aliphatic heterocycles. The molecule has 7 nitrogen and oxygen atoms in total. The molecule has 2 aromatic rings. The third-order valence-electron chi connectivity index (χ3n) is 4.89. The lowest BCUT2D eigenvalue weighted by molar-refractivity contribution is -0.126. The molecule has 0 aliphatic carbocycles. The zero-order valence-corrected chi connectivity index (χ0v) is 19.3. The molecule has 1 aromatic heterocycles. The number of piperidine rings is 1. The smallest absolute Gasteiger partial charge is 0.252 e. The van der Waals surface area contributed by atoms with Gasteiger partial charge in [0.15, 0.2) is 11.5 Å². The molecule has 2 heterocycles. The van der Waals surface area contributed by atoms with Gasteiger partial charge in [0.1, 0.15) is 4.21 Å². The third-order valence-corrected chi connectivity index (χ3v) is 8.41. The van der Waals surface area contributed by atoms with E-state index < -0.39 is 15.9 Å². The van der Waals surface area contributed by atoms with Gasteiger partial charge in [-0.3, -0.25) is 4.79 Å². The molecule has 0 radical (unpaired) electrons. The van der Waals surface area contributed by atoms with E-state index in [4.69, 9.17) is 21.1 Å². The van der Waals surface area contributed by atoms with Crippen molar-refractivity contribution in [1.29, 1.82) is 0 Å². The number of methoxy groups -OCH3 is 1. The molecule has 0 saturated carbocycles. The lowest BCUT2D eigenvalue weighted by atomic mass is 9.98. The van der Waals surface area contributed by atoms with Gasteiger partial charge in [0.25, 0.3) is 10.0 Å². The summed E-state index contributed by atoms with van der Waals surface area (Å²) >= 11 is 7.47. The Morgan fingerprint density at radius 1 is 1.40 bits per heavy atom. The molecule has 164 valence electrons. The van der Waals surface area contributed by atoms with Crippen molar-refractivity contribution in [1.82, 2.24) is 9.62 Å². The zero-order chi connectivity index (χ0) is 21.7. The molecule has 0 spiro atoms. The lowest BCUT2D eigenvalue weighted by Crippen LogP contribution is -2.45. The summed E-state index contributed by atoms with van der Waals surface area (Å²) in [7, 11) is -2.02. The van der Waals surface area contributed by atoms with Crippen LogP contribution in [0.4, 0.5) is 0 Å². The molecule has 1 aliphatic rings. The highest BCUT2D eigenvalue weighted by molar-refractivity contribution is 7.91. The summed E-state index contributed by atoms with van der Waals surface area (Å²) in [6, 6.07) is 6.80. The molecule has 1 atom stereocenters. The molecule has 3 rings (SSSR count). The molecule has 1 unspecified atom stereocenters. The van der Waals surface area contributed by atoms with Crippen molar-refractivity contribution in [2.24, 2.45) is 5.92 Å². The first-order chi connectivity index (χ1) is 14.4. The Morgan fingerprint density at radius 3 is 2.87 bits per heavy atom. The van der Waals surface area contributed by atoms with Crippen molar-refractivity contribution in [3.63, 3.8) is 0 Å². The van der Waals surface area contributed by atoms with Gasteiger partial charge in [-0.05, 0) is 48.9 Å². The number of nitrogens with one attached hydrogen (secondary N) is 1.